The number of benzene rings is 2. The number of carbonyl (C=O) groups is 1. The van der Waals surface area contributed by atoms with Gasteiger partial charge in [-0.25, -0.2) is 0 Å². The number of carbonyl (C=O) groups excluding carboxylic acids is 1. The van der Waals surface area contributed by atoms with E-state index in [4.69, 9.17) is 0 Å². The molecule has 1 aliphatic heterocycles. The molecule has 2 nitrogen and oxygen atoms in total. The molecule has 0 unspecified atom stereocenters. The first-order valence-corrected chi connectivity index (χ1v) is 10.1. The molecule has 2 aromatic rings. The van der Waals surface area contributed by atoms with Crippen LogP contribution in [0.25, 0.3) is 5.57 Å². The van der Waals surface area contributed by atoms with E-state index in [1.807, 2.05) is 30.3 Å². The van der Waals surface area contributed by atoms with Crippen molar-refractivity contribution in [2.75, 3.05) is 13.1 Å². The lowest BCUT2D eigenvalue weighted by atomic mass is 10.0. The molecule has 1 fully saturated rings. The van der Waals surface area contributed by atoms with Gasteiger partial charge in [0.2, 0.25) is 0 Å². The van der Waals surface area contributed by atoms with Crippen molar-refractivity contribution in [1.29, 1.82) is 0 Å². The number of halogens is 1. The molecule has 132 valence electrons. The minimum absolute atomic E-state index is 0.0485. The van der Waals surface area contributed by atoms with Crippen molar-refractivity contribution in [2.24, 2.45) is 0 Å². The van der Waals surface area contributed by atoms with Crippen LogP contribution in [0, 0.1) is 0 Å². The fraction of sp³-hybridized carbons (Fsp3) is 0.261. The monoisotopic (exact) mass is 407 g/mol. The van der Waals surface area contributed by atoms with E-state index in [0.29, 0.717) is 0 Å². The molecule has 0 saturated carbocycles. The van der Waals surface area contributed by atoms with E-state index in [0.717, 1.165) is 29.5 Å². The van der Waals surface area contributed by atoms with Crippen molar-refractivity contribution in [2.45, 2.75) is 25.7 Å². The zero-order valence-corrected chi connectivity index (χ0v) is 16.3. The van der Waals surface area contributed by atoms with Crippen LogP contribution in [0.4, 0.5) is 0 Å². The van der Waals surface area contributed by atoms with Gasteiger partial charge in [-0.15, -0.1) is 0 Å². The summed E-state index contributed by atoms with van der Waals surface area (Å²) in [5.41, 5.74) is 5.95. The zero-order chi connectivity index (χ0) is 17.9. The summed E-state index contributed by atoms with van der Waals surface area (Å²) in [6.45, 7) is 2.25. The Labute approximate surface area is 163 Å². The first-order chi connectivity index (χ1) is 12.7. The smallest absolute Gasteiger partial charge is 0.185 e. The second kappa shape index (κ2) is 7.63. The quantitative estimate of drug-likeness (QED) is 0.482. The summed E-state index contributed by atoms with van der Waals surface area (Å²) in [6.07, 6.45) is 8.57. The van der Waals surface area contributed by atoms with Crippen LogP contribution in [0.1, 0.15) is 40.7 Å². The van der Waals surface area contributed by atoms with Crippen LogP contribution in [0.3, 0.4) is 0 Å². The van der Waals surface area contributed by atoms with E-state index in [9.17, 15) is 4.79 Å². The van der Waals surface area contributed by atoms with E-state index >= 15 is 0 Å². The third-order valence-corrected chi connectivity index (χ3v) is 5.77. The van der Waals surface area contributed by atoms with Crippen molar-refractivity contribution in [3.05, 3.63) is 87.5 Å². The van der Waals surface area contributed by atoms with Gasteiger partial charge in [0.05, 0.1) is 0 Å². The molecule has 0 amide bonds. The Balaban J connectivity index is 1.65. The Kier molecular flexibility index (Phi) is 5.07. The van der Waals surface area contributed by atoms with Gasteiger partial charge >= 0.3 is 0 Å². The molecule has 4 rings (SSSR count). The second-order valence-corrected chi connectivity index (χ2v) is 7.86. The number of piperidine rings is 1. The SMILES string of the molecule is O=C(/C=C\C1=C(N2CCCCC2)Cc2ccccc21)c1ccc(Br)cc1. The second-order valence-electron chi connectivity index (χ2n) is 6.95. The van der Waals surface area contributed by atoms with Crippen LogP contribution in [0.5, 0.6) is 0 Å². The zero-order valence-electron chi connectivity index (χ0n) is 14.7. The van der Waals surface area contributed by atoms with Crippen molar-refractivity contribution in [1.82, 2.24) is 4.90 Å². The molecule has 0 bridgehead atoms. The number of allylic oxidation sites excluding steroid dienone is 4. The van der Waals surface area contributed by atoms with Crippen LogP contribution in [0.15, 0.2) is 70.9 Å². The fourth-order valence-corrected chi connectivity index (χ4v) is 4.13. The number of fused-ring (bicyclic) bond motifs is 1. The number of likely N-dealkylation sites (tertiary alicyclic amines) is 1. The minimum atomic E-state index is 0.0485. The Bertz CT molecular complexity index is 873. The first-order valence-electron chi connectivity index (χ1n) is 9.27. The average molecular weight is 408 g/mol. The standard InChI is InChI=1S/C23H22BrNO/c24-19-10-8-17(9-11-19)23(26)13-12-21-20-7-3-2-6-18(20)16-22(21)25-14-4-1-5-15-25/h2-3,6-13H,1,4-5,14-16H2/b13-12-. The van der Waals surface area contributed by atoms with E-state index in [1.54, 1.807) is 6.08 Å². The molecule has 1 aliphatic carbocycles. The molecule has 3 heteroatoms. The van der Waals surface area contributed by atoms with Gasteiger partial charge in [-0.2, -0.15) is 0 Å². The van der Waals surface area contributed by atoms with Gasteiger partial charge < -0.3 is 4.90 Å². The molecule has 1 saturated heterocycles. The third-order valence-electron chi connectivity index (χ3n) is 5.24. The lowest BCUT2D eigenvalue weighted by Crippen LogP contribution is -2.29. The number of hydrogen-bond acceptors (Lipinski definition) is 2. The summed E-state index contributed by atoms with van der Waals surface area (Å²) in [7, 11) is 0. The molecule has 0 spiro atoms. The molecule has 2 aliphatic rings. The highest BCUT2D eigenvalue weighted by atomic mass is 79.9. The van der Waals surface area contributed by atoms with E-state index < -0.39 is 0 Å². The summed E-state index contributed by atoms with van der Waals surface area (Å²) in [6, 6.07) is 16.1. The highest BCUT2D eigenvalue weighted by Crippen LogP contribution is 2.36. The molecular formula is C23H22BrNO. The van der Waals surface area contributed by atoms with Gasteiger partial charge in [0.1, 0.15) is 0 Å². The summed E-state index contributed by atoms with van der Waals surface area (Å²) in [4.78, 5) is 15.1. The average Bonchev–Trinajstić information content (AvgIpc) is 3.06. The van der Waals surface area contributed by atoms with Crippen LogP contribution >= 0.6 is 15.9 Å². The Morgan fingerprint density at radius 3 is 2.46 bits per heavy atom. The molecular weight excluding hydrogens is 386 g/mol. The lowest BCUT2D eigenvalue weighted by Gasteiger charge is -2.30. The summed E-state index contributed by atoms with van der Waals surface area (Å²) in [5, 5.41) is 0. The first kappa shape index (κ1) is 17.3. The minimum Gasteiger partial charge on any atom is -0.374 e. The normalized spacial score (nSPS) is 17.0. The lowest BCUT2D eigenvalue weighted by molar-refractivity contribution is 0.104. The third kappa shape index (κ3) is 3.54. The largest absolute Gasteiger partial charge is 0.374 e. The maximum Gasteiger partial charge on any atom is 0.185 e. The Morgan fingerprint density at radius 2 is 1.69 bits per heavy atom. The Morgan fingerprint density at radius 1 is 0.962 bits per heavy atom. The summed E-state index contributed by atoms with van der Waals surface area (Å²) < 4.78 is 0.984. The van der Waals surface area contributed by atoms with Gasteiger partial charge in [-0.05, 0) is 66.8 Å². The van der Waals surface area contributed by atoms with Crippen molar-refractivity contribution in [3.8, 4) is 0 Å². The topological polar surface area (TPSA) is 20.3 Å². The fourth-order valence-electron chi connectivity index (χ4n) is 3.87. The van der Waals surface area contributed by atoms with Gasteiger partial charge in [-0.1, -0.05) is 40.2 Å². The van der Waals surface area contributed by atoms with Crippen LogP contribution < -0.4 is 0 Å². The van der Waals surface area contributed by atoms with E-state index in [-0.39, 0.29) is 5.78 Å². The number of hydrogen-bond donors (Lipinski definition) is 0. The maximum atomic E-state index is 12.6. The van der Waals surface area contributed by atoms with Gasteiger partial charge in [-0.3, -0.25) is 4.79 Å². The maximum absolute atomic E-state index is 12.6. The summed E-state index contributed by atoms with van der Waals surface area (Å²) in [5.74, 6) is 0.0485. The predicted octanol–water partition coefficient (Wildman–Crippen LogP) is 5.64. The number of ketones is 1. The molecule has 0 radical (unpaired) electrons. The van der Waals surface area contributed by atoms with E-state index in [2.05, 4.69) is 45.1 Å². The number of rotatable bonds is 4. The number of nitrogens with zero attached hydrogens (tertiary/aromatic N) is 1. The van der Waals surface area contributed by atoms with Crippen molar-refractivity contribution >= 4 is 27.3 Å². The molecule has 26 heavy (non-hydrogen) atoms. The predicted molar refractivity (Wildman–Crippen MR) is 110 cm³/mol. The molecule has 0 aromatic heterocycles. The molecule has 0 N–H and O–H groups in total. The highest BCUT2D eigenvalue weighted by Gasteiger charge is 2.24. The Hall–Kier alpha value is -2.13. The van der Waals surface area contributed by atoms with Crippen molar-refractivity contribution < 1.29 is 4.79 Å². The van der Waals surface area contributed by atoms with Crippen LogP contribution in [0.2, 0.25) is 0 Å². The molecule has 2 aromatic carbocycles. The van der Waals surface area contributed by atoms with E-state index in [1.165, 1.54) is 41.7 Å². The molecule has 1 heterocycles. The van der Waals surface area contributed by atoms with Gasteiger partial charge in [0, 0.05) is 40.8 Å². The van der Waals surface area contributed by atoms with Gasteiger partial charge in [0.15, 0.2) is 5.78 Å². The van der Waals surface area contributed by atoms with Crippen molar-refractivity contribution in [3.63, 3.8) is 0 Å². The van der Waals surface area contributed by atoms with Gasteiger partial charge in [0.25, 0.3) is 0 Å². The molecule has 0 atom stereocenters. The highest BCUT2D eigenvalue weighted by molar-refractivity contribution is 9.10. The van der Waals surface area contributed by atoms with Crippen LogP contribution in [-0.2, 0) is 6.42 Å². The van der Waals surface area contributed by atoms with Crippen LogP contribution in [-0.4, -0.2) is 23.8 Å². The summed E-state index contributed by atoms with van der Waals surface area (Å²) >= 11 is 3.42.